The van der Waals surface area contributed by atoms with Gasteiger partial charge in [0.2, 0.25) is 0 Å². The standard InChI is InChI=1S/C17H17N3OS2/c1-12-11-23-15-5-4-13(10-14(12)15)20-8-9-22-17(20)18-16(21)19-6-2-3-7-19/h4-5,8-11H,2-3,6-7H2,1H3/b18-17-. The van der Waals surface area contributed by atoms with Crippen molar-refractivity contribution in [3.05, 3.63) is 45.5 Å². The molecular weight excluding hydrogens is 326 g/mol. The molecule has 0 N–H and O–H groups in total. The summed E-state index contributed by atoms with van der Waals surface area (Å²) in [7, 11) is 0. The van der Waals surface area contributed by atoms with Gasteiger partial charge in [0.1, 0.15) is 0 Å². The van der Waals surface area contributed by atoms with Crippen LogP contribution in [0.1, 0.15) is 18.4 Å². The first-order valence-electron chi connectivity index (χ1n) is 7.70. The van der Waals surface area contributed by atoms with E-state index in [1.54, 1.807) is 11.3 Å². The first-order chi connectivity index (χ1) is 11.2. The van der Waals surface area contributed by atoms with Gasteiger partial charge in [0, 0.05) is 35.1 Å². The lowest BCUT2D eigenvalue weighted by atomic mass is 10.2. The topological polar surface area (TPSA) is 37.6 Å². The number of rotatable bonds is 1. The van der Waals surface area contributed by atoms with Crippen LogP contribution in [0.5, 0.6) is 0 Å². The normalized spacial score (nSPS) is 15.7. The van der Waals surface area contributed by atoms with Crippen molar-refractivity contribution in [3.8, 4) is 5.69 Å². The average Bonchev–Trinajstić information content (AvgIpc) is 3.28. The maximum Gasteiger partial charge on any atom is 0.346 e. The molecule has 0 unspecified atom stereocenters. The van der Waals surface area contributed by atoms with E-state index in [0.29, 0.717) is 0 Å². The Labute approximate surface area is 142 Å². The van der Waals surface area contributed by atoms with Crippen LogP contribution in [0.15, 0.2) is 40.1 Å². The maximum absolute atomic E-state index is 12.3. The zero-order valence-corrected chi connectivity index (χ0v) is 14.5. The summed E-state index contributed by atoms with van der Waals surface area (Å²) in [5, 5.41) is 5.42. The van der Waals surface area contributed by atoms with Crippen LogP contribution in [0.25, 0.3) is 15.8 Å². The molecule has 118 valence electrons. The number of carbonyl (C=O) groups is 1. The number of nitrogens with zero attached hydrogens (tertiary/aromatic N) is 3. The van der Waals surface area contributed by atoms with E-state index in [0.717, 1.165) is 36.4 Å². The van der Waals surface area contributed by atoms with Gasteiger partial charge in [-0.1, -0.05) is 0 Å². The number of aryl methyl sites for hydroxylation is 1. The first-order valence-corrected chi connectivity index (χ1v) is 9.46. The third kappa shape index (κ3) is 2.72. The minimum atomic E-state index is -0.119. The molecule has 1 fully saturated rings. The van der Waals surface area contributed by atoms with E-state index in [1.165, 1.54) is 27.0 Å². The third-order valence-electron chi connectivity index (χ3n) is 4.19. The van der Waals surface area contributed by atoms with Crippen LogP contribution in [-0.2, 0) is 0 Å². The summed E-state index contributed by atoms with van der Waals surface area (Å²) in [5.41, 5.74) is 2.34. The van der Waals surface area contributed by atoms with Crippen LogP contribution < -0.4 is 4.80 Å². The van der Waals surface area contributed by atoms with Gasteiger partial charge >= 0.3 is 6.03 Å². The lowest BCUT2D eigenvalue weighted by Crippen LogP contribution is -2.27. The van der Waals surface area contributed by atoms with Gasteiger partial charge in [-0.05, 0) is 54.3 Å². The highest BCUT2D eigenvalue weighted by molar-refractivity contribution is 7.17. The van der Waals surface area contributed by atoms with Crippen molar-refractivity contribution in [1.82, 2.24) is 9.47 Å². The lowest BCUT2D eigenvalue weighted by molar-refractivity contribution is 0.218. The fourth-order valence-electron chi connectivity index (χ4n) is 2.90. The zero-order chi connectivity index (χ0) is 15.8. The second kappa shape index (κ2) is 5.94. The molecule has 3 heterocycles. The van der Waals surface area contributed by atoms with Gasteiger partial charge in [0.25, 0.3) is 0 Å². The summed E-state index contributed by atoms with van der Waals surface area (Å²) < 4.78 is 3.28. The van der Waals surface area contributed by atoms with E-state index < -0.39 is 0 Å². The van der Waals surface area contributed by atoms with Crippen molar-refractivity contribution in [2.24, 2.45) is 4.99 Å². The molecule has 1 aliphatic rings. The van der Waals surface area contributed by atoms with E-state index >= 15 is 0 Å². The number of amides is 2. The van der Waals surface area contributed by atoms with Crippen LogP contribution in [0, 0.1) is 6.92 Å². The second-order valence-corrected chi connectivity index (χ2v) is 7.53. The molecule has 2 aromatic heterocycles. The van der Waals surface area contributed by atoms with Gasteiger partial charge in [0.15, 0.2) is 4.80 Å². The van der Waals surface area contributed by atoms with E-state index in [1.807, 2.05) is 21.0 Å². The zero-order valence-electron chi connectivity index (χ0n) is 12.9. The van der Waals surface area contributed by atoms with Gasteiger partial charge in [-0.2, -0.15) is 4.99 Å². The molecule has 4 nitrogen and oxygen atoms in total. The molecule has 0 bridgehead atoms. The summed E-state index contributed by atoms with van der Waals surface area (Å²) in [6, 6.07) is 6.28. The number of carbonyl (C=O) groups excluding carboxylic acids is 1. The molecule has 1 aliphatic heterocycles. The minimum absolute atomic E-state index is 0.119. The Morgan fingerprint density at radius 2 is 2.04 bits per heavy atom. The van der Waals surface area contributed by atoms with Gasteiger partial charge < -0.3 is 4.90 Å². The second-order valence-electron chi connectivity index (χ2n) is 5.74. The van der Waals surface area contributed by atoms with E-state index in [9.17, 15) is 4.79 Å². The number of hydrogen-bond acceptors (Lipinski definition) is 3. The largest absolute Gasteiger partial charge is 0.346 e. The van der Waals surface area contributed by atoms with E-state index in [2.05, 4.69) is 35.5 Å². The van der Waals surface area contributed by atoms with Crippen LogP contribution in [0.2, 0.25) is 0 Å². The Hall–Kier alpha value is -1.92. The predicted octanol–water partition coefficient (Wildman–Crippen LogP) is 4.18. The summed E-state index contributed by atoms with van der Waals surface area (Å²) in [5.74, 6) is 0. The van der Waals surface area contributed by atoms with Crippen molar-refractivity contribution in [2.75, 3.05) is 13.1 Å². The molecule has 23 heavy (non-hydrogen) atoms. The fourth-order valence-corrected chi connectivity index (χ4v) is 4.54. The highest BCUT2D eigenvalue weighted by Crippen LogP contribution is 2.27. The smallest absolute Gasteiger partial charge is 0.323 e. The number of thiazole rings is 1. The Kier molecular flexibility index (Phi) is 3.79. The Balaban J connectivity index is 1.75. The summed E-state index contributed by atoms with van der Waals surface area (Å²) in [4.78, 5) is 19.2. The minimum Gasteiger partial charge on any atom is -0.323 e. The quantitative estimate of drug-likeness (QED) is 0.653. The Morgan fingerprint density at radius 3 is 2.87 bits per heavy atom. The monoisotopic (exact) mass is 343 g/mol. The van der Waals surface area contributed by atoms with Crippen LogP contribution in [0.3, 0.4) is 0 Å². The first kappa shape index (κ1) is 14.7. The van der Waals surface area contributed by atoms with Gasteiger partial charge in [-0.25, -0.2) is 4.79 Å². The molecule has 0 aliphatic carbocycles. The van der Waals surface area contributed by atoms with Gasteiger partial charge in [0.05, 0.1) is 0 Å². The Morgan fingerprint density at radius 1 is 1.22 bits per heavy atom. The lowest BCUT2D eigenvalue weighted by Gasteiger charge is -2.10. The number of fused-ring (bicyclic) bond motifs is 1. The molecule has 0 radical (unpaired) electrons. The number of urea groups is 1. The summed E-state index contributed by atoms with van der Waals surface area (Å²) in [6.45, 7) is 3.78. The van der Waals surface area contributed by atoms with E-state index in [-0.39, 0.29) is 6.03 Å². The SMILES string of the molecule is Cc1csc2ccc(-n3ccs/c3=N\C(=O)N3CCCC3)cc12. The molecule has 3 aromatic rings. The average molecular weight is 343 g/mol. The molecule has 0 saturated carbocycles. The number of hydrogen-bond donors (Lipinski definition) is 0. The molecule has 0 atom stereocenters. The van der Waals surface area contributed by atoms with Gasteiger partial charge in [-0.15, -0.1) is 22.7 Å². The maximum atomic E-state index is 12.3. The van der Waals surface area contributed by atoms with Crippen molar-refractivity contribution in [2.45, 2.75) is 19.8 Å². The molecule has 1 aromatic carbocycles. The van der Waals surface area contributed by atoms with Crippen molar-refractivity contribution >= 4 is 38.8 Å². The van der Waals surface area contributed by atoms with Crippen LogP contribution in [0.4, 0.5) is 4.79 Å². The van der Waals surface area contributed by atoms with Crippen LogP contribution >= 0.6 is 22.7 Å². The Bertz CT molecular complexity index is 929. The highest BCUT2D eigenvalue weighted by Gasteiger charge is 2.17. The number of benzene rings is 1. The van der Waals surface area contributed by atoms with E-state index in [4.69, 9.17) is 0 Å². The van der Waals surface area contributed by atoms with Crippen molar-refractivity contribution in [1.29, 1.82) is 0 Å². The summed E-state index contributed by atoms with van der Waals surface area (Å²) in [6.07, 6.45) is 4.14. The third-order valence-corrected chi connectivity index (χ3v) is 6.02. The van der Waals surface area contributed by atoms with Crippen LogP contribution in [-0.4, -0.2) is 28.6 Å². The predicted molar refractivity (Wildman–Crippen MR) is 95.5 cm³/mol. The van der Waals surface area contributed by atoms with Crippen molar-refractivity contribution in [3.63, 3.8) is 0 Å². The fraction of sp³-hybridized carbons (Fsp3) is 0.294. The molecule has 0 spiro atoms. The molecule has 6 heteroatoms. The molecule has 4 rings (SSSR count). The number of likely N-dealkylation sites (tertiary alicyclic amines) is 1. The molecule has 2 amide bonds. The highest BCUT2D eigenvalue weighted by atomic mass is 32.1. The molecular formula is C17H17N3OS2. The molecule has 1 saturated heterocycles. The summed E-state index contributed by atoms with van der Waals surface area (Å²) >= 11 is 3.26. The number of aromatic nitrogens is 1. The number of thiophene rings is 1. The van der Waals surface area contributed by atoms with Gasteiger partial charge in [-0.3, -0.25) is 4.57 Å². The van der Waals surface area contributed by atoms with Crippen molar-refractivity contribution < 1.29 is 4.79 Å².